The van der Waals surface area contributed by atoms with Crippen molar-refractivity contribution in [2.45, 2.75) is 6.92 Å². The Kier molecular flexibility index (Phi) is 3.70. The third-order valence-electron chi connectivity index (χ3n) is 3.65. The monoisotopic (exact) mass is 312 g/mol. The van der Waals surface area contributed by atoms with E-state index in [0.717, 1.165) is 5.56 Å². The zero-order chi connectivity index (χ0) is 16.6. The lowest BCUT2D eigenvalue weighted by atomic mass is 10.1. The van der Waals surface area contributed by atoms with Crippen molar-refractivity contribution in [3.8, 4) is 28.6 Å². The average molecular weight is 312 g/mol. The molecule has 0 saturated heterocycles. The van der Waals surface area contributed by atoms with Gasteiger partial charge in [-0.2, -0.15) is 0 Å². The molecule has 1 heterocycles. The van der Waals surface area contributed by atoms with E-state index in [1.807, 2.05) is 6.92 Å². The van der Waals surface area contributed by atoms with Crippen molar-refractivity contribution in [1.29, 1.82) is 0 Å². The molecule has 0 aliphatic carbocycles. The van der Waals surface area contributed by atoms with Crippen LogP contribution in [0.3, 0.4) is 0 Å². The quantitative estimate of drug-likeness (QED) is 0.801. The second-order valence-corrected chi connectivity index (χ2v) is 5.18. The van der Waals surface area contributed by atoms with Crippen LogP contribution in [0.25, 0.3) is 22.3 Å². The summed E-state index contributed by atoms with van der Waals surface area (Å²) >= 11 is 0. The topological polar surface area (TPSA) is 68.9 Å². The zero-order valence-corrected chi connectivity index (χ0v) is 13.0. The lowest BCUT2D eigenvalue weighted by Crippen LogP contribution is -2.05. The Hall–Kier alpha value is -2.95. The Morgan fingerprint density at radius 3 is 2.35 bits per heavy atom. The predicted molar refractivity (Wildman–Crippen MR) is 87.4 cm³/mol. The van der Waals surface area contributed by atoms with Crippen LogP contribution in [0, 0.1) is 6.92 Å². The van der Waals surface area contributed by atoms with Crippen LogP contribution >= 0.6 is 0 Å². The molecule has 0 amide bonds. The van der Waals surface area contributed by atoms with Crippen molar-refractivity contribution < 1.29 is 19.0 Å². The third kappa shape index (κ3) is 2.50. The molecule has 3 rings (SSSR count). The first-order chi connectivity index (χ1) is 11.0. The molecule has 23 heavy (non-hydrogen) atoms. The second kappa shape index (κ2) is 5.68. The van der Waals surface area contributed by atoms with E-state index >= 15 is 0 Å². The van der Waals surface area contributed by atoms with Crippen molar-refractivity contribution in [3.63, 3.8) is 0 Å². The molecular formula is C18H16O5. The number of aryl methyl sites for hydroxylation is 1. The molecule has 118 valence electrons. The summed E-state index contributed by atoms with van der Waals surface area (Å²) < 4.78 is 16.1. The van der Waals surface area contributed by atoms with Gasteiger partial charge >= 0.3 is 0 Å². The van der Waals surface area contributed by atoms with Gasteiger partial charge in [0.1, 0.15) is 22.5 Å². The van der Waals surface area contributed by atoms with Crippen LogP contribution in [-0.4, -0.2) is 19.3 Å². The lowest BCUT2D eigenvalue weighted by molar-refractivity contribution is 0.414. The second-order valence-electron chi connectivity index (χ2n) is 5.18. The lowest BCUT2D eigenvalue weighted by Gasteiger charge is -2.10. The maximum absolute atomic E-state index is 12.5. The van der Waals surface area contributed by atoms with Crippen LogP contribution in [0.2, 0.25) is 0 Å². The molecule has 0 aliphatic rings. The Balaban J connectivity index is 2.30. The predicted octanol–water partition coefficient (Wildman–Crippen LogP) is 3.49. The highest BCUT2D eigenvalue weighted by Crippen LogP contribution is 2.34. The molecule has 0 radical (unpaired) electrons. The molecule has 2 aromatic carbocycles. The molecule has 1 N–H and O–H groups in total. The maximum Gasteiger partial charge on any atom is 0.238 e. The van der Waals surface area contributed by atoms with Crippen LogP contribution in [0.1, 0.15) is 5.56 Å². The van der Waals surface area contributed by atoms with E-state index in [1.165, 1.54) is 7.11 Å². The summed E-state index contributed by atoms with van der Waals surface area (Å²) in [6.07, 6.45) is 0. The molecule has 1 aromatic heterocycles. The number of fused-ring (bicyclic) bond motifs is 1. The molecular weight excluding hydrogens is 296 g/mol. The number of methoxy groups -OCH3 is 2. The largest absolute Gasteiger partial charge is 0.502 e. The van der Waals surface area contributed by atoms with Gasteiger partial charge in [0.15, 0.2) is 5.76 Å². The minimum atomic E-state index is -0.520. The van der Waals surface area contributed by atoms with E-state index in [0.29, 0.717) is 22.6 Å². The van der Waals surface area contributed by atoms with Gasteiger partial charge in [0.25, 0.3) is 0 Å². The summed E-state index contributed by atoms with van der Waals surface area (Å²) in [6, 6.07) is 10.4. The molecule has 5 heteroatoms. The van der Waals surface area contributed by atoms with Gasteiger partial charge in [-0.05, 0) is 48.9 Å². The summed E-state index contributed by atoms with van der Waals surface area (Å²) in [5, 5.41) is 10.5. The highest BCUT2D eigenvalue weighted by atomic mass is 16.5. The minimum absolute atomic E-state index is 0.123. The fourth-order valence-corrected chi connectivity index (χ4v) is 2.50. The van der Waals surface area contributed by atoms with Crippen molar-refractivity contribution in [1.82, 2.24) is 0 Å². The van der Waals surface area contributed by atoms with Crippen molar-refractivity contribution in [2.24, 2.45) is 0 Å². The Bertz CT molecular complexity index is 923. The first-order valence-electron chi connectivity index (χ1n) is 7.04. The normalized spacial score (nSPS) is 10.7. The number of aromatic hydroxyl groups is 1. The van der Waals surface area contributed by atoms with Crippen LogP contribution in [0.4, 0.5) is 0 Å². The number of rotatable bonds is 3. The van der Waals surface area contributed by atoms with Gasteiger partial charge in [-0.1, -0.05) is 0 Å². The van der Waals surface area contributed by atoms with Crippen LogP contribution in [0.5, 0.6) is 17.2 Å². The SMILES string of the molecule is COc1ccc(-c2oc3cc(C)cc(OC)c3c(=O)c2O)cc1. The standard InChI is InChI=1S/C18H16O5/c1-10-8-13(22-3)15-14(9-10)23-18(17(20)16(15)19)11-4-6-12(21-2)7-5-11/h4-9,20H,1-3H3. The molecule has 0 fully saturated rings. The highest BCUT2D eigenvalue weighted by Gasteiger charge is 2.18. The van der Waals surface area contributed by atoms with E-state index in [1.54, 1.807) is 43.5 Å². The van der Waals surface area contributed by atoms with Gasteiger partial charge < -0.3 is 19.0 Å². The highest BCUT2D eigenvalue weighted by molar-refractivity contribution is 5.87. The first kappa shape index (κ1) is 15.0. The Labute approximate surface area is 132 Å². The minimum Gasteiger partial charge on any atom is -0.502 e. The van der Waals surface area contributed by atoms with E-state index < -0.39 is 11.2 Å². The van der Waals surface area contributed by atoms with Crippen LogP contribution < -0.4 is 14.9 Å². The van der Waals surface area contributed by atoms with Crippen molar-refractivity contribution in [3.05, 3.63) is 52.2 Å². The molecule has 3 aromatic rings. The van der Waals surface area contributed by atoms with Gasteiger partial charge in [0.05, 0.1) is 14.2 Å². The van der Waals surface area contributed by atoms with Gasteiger partial charge in [0.2, 0.25) is 11.2 Å². The summed E-state index contributed by atoms with van der Waals surface area (Å²) in [7, 11) is 3.04. The Morgan fingerprint density at radius 1 is 1.04 bits per heavy atom. The number of hydrogen-bond donors (Lipinski definition) is 1. The number of hydrogen-bond acceptors (Lipinski definition) is 5. The first-order valence-corrected chi connectivity index (χ1v) is 7.04. The summed E-state index contributed by atoms with van der Waals surface area (Å²) in [5.41, 5.74) is 1.33. The van der Waals surface area contributed by atoms with Gasteiger partial charge in [0, 0.05) is 5.56 Å². The van der Waals surface area contributed by atoms with Crippen LogP contribution in [-0.2, 0) is 0 Å². The molecule has 0 bridgehead atoms. The van der Waals surface area contributed by atoms with Gasteiger partial charge in [-0.25, -0.2) is 0 Å². The molecule has 0 spiro atoms. The summed E-state index contributed by atoms with van der Waals surface area (Å²) in [4.78, 5) is 12.5. The Morgan fingerprint density at radius 2 is 1.74 bits per heavy atom. The third-order valence-corrected chi connectivity index (χ3v) is 3.65. The van der Waals surface area contributed by atoms with Gasteiger partial charge in [-0.3, -0.25) is 4.79 Å². The zero-order valence-electron chi connectivity index (χ0n) is 13.0. The van der Waals surface area contributed by atoms with E-state index in [2.05, 4.69) is 0 Å². The molecule has 0 saturated carbocycles. The molecule has 0 unspecified atom stereocenters. The smallest absolute Gasteiger partial charge is 0.238 e. The van der Waals surface area contributed by atoms with Crippen LogP contribution in [0.15, 0.2) is 45.6 Å². The van der Waals surface area contributed by atoms with E-state index in [9.17, 15) is 9.90 Å². The van der Waals surface area contributed by atoms with E-state index in [-0.39, 0.29) is 11.1 Å². The fraction of sp³-hybridized carbons (Fsp3) is 0.167. The molecule has 5 nitrogen and oxygen atoms in total. The number of benzene rings is 2. The summed E-state index contributed by atoms with van der Waals surface area (Å²) in [5.74, 6) is 0.738. The van der Waals surface area contributed by atoms with Gasteiger partial charge in [-0.15, -0.1) is 0 Å². The van der Waals surface area contributed by atoms with Crippen molar-refractivity contribution in [2.75, 3.05) is 14.2 Å². The van der Waals surface area contributed by atoms with E-state index in [4.69, 9.17) is 13.9 Å². The molecule has 0 atom stereocenters. The molecule has 0 aliphatic heterocycles. The fourth-order valence-electron chi connectivity index (χ4n) is 2.50. The summed E-state index contributed by atoms with van der Waals surface area (Å²) in [6.45, 7) is 1.88. The number of ether oxygens (including phenoxy) is 2. The average Bonchev–Trinajstić information content (AvgIpc) is 2.57. The van der Waals surface area contributed by atoms with Crippen molar-refractivity contribution >= 4 is 11.0 Å². The maximum atomic E-state index is 12.5.